The summed E-state index contributed by atoms with van der Waals surface area (Å²) in [4.78, 5) is 11.9. The van der Waals surface area contributed by atoms with Crippen LogP contribution in [0.1, 0.15) is 32.4 Å². The molecule has 0 radical (unpaired) electrons. The number of hydrogen-bond donors (Lipinski definition) is 0. The normalized spacial score (nSPS) is 25.4. The molecule has 4 nitrogen and oxygen atoms in total. The maximum Gasteiger partial charge on any atom is 0.433 e. The number of fused-ring (bicyclic) bond motifs is 1. The monoisotopic (exact) mass is 328 g/mol. The zero-order valence-electron chi connectivity index (χ0n) is 13.6. The number of rotatable bonds is 4. The molecule has 0 unspecified atom stereocenters. The van der Waals surface area contributed by atoms with E-state index in [0.717, 1.165) is 45.0 Å². The summed E-state index contributed by atoms with van der Waals surface area (Å²) in [5, 5.41) is 0. The van der Waals surface area contributed by atoms with Crippen molar-refractivity contribution in [3.8, 4) is 0 Å². The molecule has 0 amide bonds. The maximum absolute atomic E-state index is 12.8. The predicted molar refractivity (Wildman–Crippen MR) is 82.2 cm³/mol. The Morgan fingerprint density at radius 3 is 2.70 bits per heavy atom. The molecule has 2 atom stereocenters. The van der Waals surface area contributed by atoms with Crippen LogP contribution in [0.2, 0.25) is 0 Å². The molecule has 0 bridgehead atoms. The van der Waals surface area contributed by atoms with Crippen LogP contribution in [-0.2, 0) is 6.18 Å². The molecule has 0 spiro atoms. The lowest BCUT2D eigenvalue weighted by Gasteiger charge is -2.54. The van der Waals surface area contributed by atoms with Crippen molar-refractivity contribution in [2.45, 2.75) is 38.9 Å². The summed E-state index contributed by atoms with van der Waals surface area (Å²) in [6, 6.07) is 1.66. The highest BCUT2D eigenvalue weighted by Crippen LogP contribution is 2.35. The topological polar surface area (TPSA) is 32.3 Å². The number of likely N-dealkylation sites (tertiary alicyclic amines) is 1. The van der Waals surface area contributed by atoms with E-state index in [4.69, 9.17) is 0 Å². The molecule has 0 N–H and O–H groups in total. The molecule has 23 heavy (non-hydrogen) atoms. The molecular weight excluding hydrogens is 305 g/mol. The van der Waals surface area contributed by atoms with Crippen molar-refractivity contribution in [3.05, 3.63) is 18.1 Å². The van der Waals surface area contributed by atoms with Crippen LogP contribution in [0.5, 0.6) is 0 Å². The fourth-order valence-corrected chi connectivity index (χ4v) is 3.54. The van der Waals surface area contributed by atoms with Crippen LogP contribution in [0.3, 0.4) is 0 Å². The summed E-state index contributed by atoms with van der Waals surface area (Å²) in [6.45, 7) is 8.18. The first-order chi connectivity index (χ1) is 10.8. The van der Waals surface area contributed by atoms with E-state index in [1.54, 1.807) is 0 Å². The van der Waals surface area contributed by atoms with Gasteiger partial charge in [-0.3, -0.25) is 4.90 Å². The highest BCUT2D eigenvalue weighted by atomic mass is 19.4. The summed E-state index contributed by atoms with van der Waals surface area (Å²) < 4.78 is 38.3. The molecule has 0 aliphatic carbocycles. The summed E-state index contributed by atoms with van der Waals surface area (Å²) >= 11 is 0. The van der Waals surface area contributed by atoms with Gasteiger partial charge in [0.25, 0.3) is 0 Å². The first kappa shape index (κ1) is 16.5. The minimum atomic E-state index is -4.42. The van der Waals surface area contributed by atoms with Crippen molar-refractivity contribution >= 4 is 5.82 Å². The molecule has 2 aliphatic rings. The molecule has 0 aromatic carbocycles. The second kappa shape index (κ2) is 6.26. The van der Waals surface area contributed by atoms with Crippen LogP contribution in [-0.4, -0.2) is 47.1 Å². The van der Waals surface area contributed by atoms with E-state index in [2.05, 4.69) is 28.7 Å². The van der Waals surface area contributed by atoms with E-state index in [0.29, 0.717) is 23.7 Å². The van der Waals surface area contributed by atoms with Crippen molar-refractivity contribution in [1.29, 1.82) is 0 Å². The van der Waals surface area contributed by atoms with Gasteiger partial charge in [-0.25, -0.2) is 9.97 Å². The zero-order chi connectivity index (χ0) is 16.6. The van der Waals surface area contributed by atoms with Crippen LogP contribution in [0.4, 0.5) is 19.0 Å². The Morgan fingerprint density at radius 2 is 2.04 bits per heavy atom. The molecule has 2 saturated heterocycles. The quantitative estimate of drug-likeness (QED) is 0.850. The number of halogens is 3. The lowest BCUT2D eigenvalue weighted by molar-refractivity contribution is -0.141. The van der Waals surface area contributed by atoms with Crippen molar-refractivity contribution < 1.29 is 13.2 Å². The number of hydrogen-bond acceptors (Lipinski definition) is 4. The Morgan fingerprint density at radius 1 is 1.26 bits per heavy atom. The molecule has 2 fully saturated rings. The Balaban J connectivity index is 1.60. The Kier molecular flexibility index (Phi) is 4.49. The van der Waals surface area contributed by atoms with Gasteiger partial charge in [0.05, 0.1) is 0 Å². The van der Waals surface area contributed by atoms with Gasteiger partial charge in [-0.15, -0.1) is 0 Å². The summed E-state index contributed by atoms with van der Waals surface area (Å²) in [7, 11) is 0. The fraction of sp³-hybridized carbons (Fsp3) is 0.750. The van der Waals surface area contributed by atoms with Crippen LogP contribution >= 0.6 is 0 Å². The van der Waals surface area contributed by atoms with Crippen molar-refractivity contribution in [3.63, 3.8) is 0 Å². The summed E-state index contributed by atoms with van der Waals surface area (Å²) in [6.07, 6.45) is -1.21. The van der Waals surface area contributed by atoms with E-state index in [1.807, 2.05) is 4.90 Å². The SMILES string of the molecule is CC(C)CCN1C[C@@H]2CN(c3cc(C(F)(F)F)ncn3)CC[C@@H]21. The summed E-state index contributed by atoms with van der Waals surface area (Å²) in [5.41, 5.74) is -0.864. The molecule has 2 aliphatic heterocycles. The third kappa shape index (κ3) is 3.59. The lowest BCUT2D eigenvalue weighted by atomic mass is 9.82. The Hall–Kier alpha value is -1.37. The van der Waals surface area contributed by atoms with E-state index in [1.165, 1.54) is 6.42 Å². The standard InChI is InChI=1S/C16H23F3N4/c1-11(2)3-5-22-8-12-9-23(6-4-13(12)22)15-7-14(16(17,18)19)20-10-21-15/h7,10-13H,3-6,8-9H2,1-2H3/t12-,13+/m1/s1. The van der Waals surface area contributed by atoms with Gasteiger partial charge in [0.15, 0.2) is 0 Å². The zero-order valence-corrected chi connectivity index (χ0v) is 13.6. The van der Waals surface area contributed by atoms with Crippen LogP contribution in [0.15, 0.2) is 12.4 Å². The maximum atomic E-state index is 12.8. The van der Waals surface area contributed by atoms with Gasteiger partial charge in [-0.2, -0.15) is 13.2 Å². The highest BCUT2D eigenvalue weighted by Gasteiger charge is 2.42. The minimum Gasteiger partial charge on any atom is -0.356 e. The van der Waals surface area contributed by atoms with Crippen molar-refractivity contribution in [2.75, 3.05) is 31.1 Å². The third-order valence-electron chi connectivity index (χ3n) is 4.89. The number of piperidine rings is 1. The fourth-order valence-electron chi connectivity index (χ4n) is 3.54. The summed E-state index contributed by atoms with van der Waals surface area (Å²) in [5.74, 6) is 1.64. The minimum absolute atomic E-state index is 0.395. The van der Waals surface area contributed by atoms with Gasteiger partial charge in [-0.05, 0) is 25.3 Å². The number of alkyl halides is 3. The van der Waals surface area contributed by atoms with Crippen molar-refractivity contribution in [1.82, 2.24) is 14.9 Å². The van der Waals surface area contributed by atoms with Gasteiger partial charge < -0.3 is 4.90 Å². The van der Waals surface area contributed by atoms with Gasteiger partial charge in [0, 0.05) is 37.7 Å². The highest BCUT2D eigenvalue weighted by molar-refractivity contribution is 5.40. The number of anilines is 1. The molecule has 3 heterocycles. The number of nitrogens with zero attached hydrogens (tertiary/aromatic N) is 4. The molecule has 3 rings (SSSR count). The Bertz CT molecular complexity index is 546. The smallest absolute Gasteiger partial charge is 0.356 e. The molecule has 1 aromatic heterocycles. The van der Waals surface area contributed by atoms with E-state index in [-0.39, 0.29) is 0 Å². The molecular formula is C16H23F3N4. The van der Waals surface area contributed by atoms with Crippen molar-refractivity contribution in [2.24, 2.45) is 11.8 Å². The van der Waals surface area contributed by atoms with E-state index in [9.17, 15) is 13.2 Å². The second-order valence-electron chi connectivity index (χ2n) is 7.00. The second-order valence-corrected chi connectivity index (χ2v) is 7.00. The van der Waals surface area contributed by atoms with Crippen LogP contribution in [0.25, 0.3) is 0 Å². The Labute approximate surface area is 134 Å². The molecule has 7 heteroatoms. The van der Waals surface area contributed by atoms with Crippen LogP contribution in [0, 0.1) is 11.8 Å². The third-order valence-corrected chi connectivity index (χ3v) is 4.89. The van der Waals surface area contributed by atoms with Gasteiger partial charge in [0.2, 0.25) is 0 Å². The molecule has 128 valence electrons. The average molecular weight is 328 g/mol. The predicted octanol–water partition coefficient (Wildman–Crippen LogP) is 3.05. The van der Waals surface area contributed by atoms with E-state index >= 15 is 0 Å². The van der Waals surface area contributed by atoms with E-state index < -0.39 is 11.9 Å². The molecule has 1 aromatic rings. The first-order valence-electron chi connectivity index (χ1n) is 8.23. The van der Waals surface area contributed by atoms with Gasteiger partial charge in [0.1, 0.15) is 17.8 Å². The average Bonchev–Trinajstić information content (AvgIpc) is 2.47. The number of aromatic nitrogens is 2. The first-order valence-corrected chi connectivity index (χ1v) is 8.23. The molecule has 0 saturated carbocycles. The largest absolute Gasteiger partial charge is 0.433 e. The van der Waals surface area contributed by atoms with Gasteiger partial charge >= 0.3 is 6.18 Å². The van der Waals surface area contributed by atoms with Crippen LogP contribution < -0.4 is 4.90 Å². The lowest BCUT2D eigenvalue weighted by Crippen LogP contribution is -2.63. The van der Waals surface area contributed by atoms with Gasteiger partial charge in [-0.1, -0.05) is 13.8 Å².